The molecule has 8 nitrogen and oxygen atoms in total. The van der Waals surface area contributed by atoms with E-state index in [0.717, 1.165) is 6.42 Å². The van der Waals surface area contributed by atoms with Crippen LogP contribution in [0.4, 0.5) is 0 Å². The Hall–Kier alpha value is -2.13. The highest BCUT2D eigenvalue weighted by Gasteiger charge is 2.29. The van der Waals surface area contributed by atoms with Gasteiger partial charge in [-0.1, -0.05) is 46.0 Å². The molecule has 1 saturated carbocycles. The van der Waals surface area contributed by atoms with E-state index in [0.29, 0.717) is 57.4 Å². The van der Waals surface area contributed by atoms with E-state index < -0.39 is 10.0 Å². The van der Waals surface area contributed by atoms with Crippen LogP contribution in [0.3, 0.4) is 0 Å². The molecule has 2 aliphatic rings. The van der Waals surface area contributed by atoms with E-state index in [9.17, 15) is 18.0 Å². The number of sulfonamides is 1. The molecule has 34 heavy (non-hydrogen) atoms. The van der Waals surface area contributed by atoms with Gasteiger partial charge in [0, 0.05) is 45.7 Å². The maximum absolute atomic E-state index is 13.3. The molecule has 9 heteroatoms. The summed E-state index contributed by atoms with van der Waals surface area (Å²) in [7, 11) is -2.23. The zero-order valence-corrected chi connectivity index (χ0v) is 21.6. The Kier molecular flexibility index (Phi) is 9.36. The number of methoxy groups -OCH3 is 1. The fourth-order valence-electron chi connectivity index (χ4n) is 5.02. The van der Waals surface area contributed by atoms with Crippen molar-refractivity contribution in [1.29, 1.82) is 0 Å². The fourth-order valence-corrected chi connectivity index (χ4v) is 6.50. The number of nitrogens with zero attached hydrogens (tertiary/aromatic N) is 3. The third-order valence-electron chi connectivity index (χ3n) is 7.16. The van der Waals surface area contributed by atoms with Crippen molar-refractivity contribution >= 4 is 21.8 Å². The molecule has 0 N–H and O–H groups in total. The van der Waals surface area contributed by atoms with Gasteiger partial charge in [-0.25, -0.2) is 8.42 Å². The normalized spacial score (nSPS) is 17.8. The molecule has 2 fully saturated rings. The predicted molar refractivity (Wildman–Crippen MR) is 131 cm³/mol. The van der Waals surface area contributed by atoms with Crippen LogP contribution in [-0.2, 0) is 14.8 Å². The smallest absolute Gasteiger partial charge is 0.257 e. The summed E-state index contributed by atoms with van der Waals surface area (Å²) in [5.41, 5.74) is 0.229. The molecule has 0 atom stereocenters. The summed E-state index contributed by atoms with van der Waals surface area (Å²) in [6.45, 7) is 6.10. The van der Waals surface area contributed by atoms with Gasteiger partial charge in [0.15, 0.2) is 0 Å². The molecule has 0 radical (unpaired) electrons. The molecule has 190 valence electrons. The largest absolute Gasteiger partial charge is 0.496 e. The predicted octanol–water partition coefficient (Wildman–Crippen LogP) is 3.37. The average Bonchev–Trinajstić information content (AvgIpc) is 2.87. The van der Waals surface area contributed by atoms with Gasteiger partial charge in [0.2, 0.25) is 15.9 Å². The summed E-state index contributed by atoms with van der Waals surface area (Å²) >= 11 is 0. The van der Waals surface area contributed by atoms with Crippen molar-refractivity contribution in [2.75, 3.05) is 46.4 Å². The minimum atomic E-state index is -3.69. The average molecular weight is 494 g/mol. The number of carbonyl (C=O) groups excluding carboxylic acids is 2. The first-order chi connectivity index (χ1) is 16.3. The lowest BCUT2D eigenvalue weighted by atomic mass is 9.86. The summed E-state index contributed by atoms with van der Waals surface area (Å²) in [6, 6.07) is 4.43. The number of hydrogen-bond acceptors (Lipinski definition) is 5. The van der Waals surface area contributed by atoms with E-state index in [-0.39, 0.29) is 22.3 Å². The summed E-state index contributed by atoms with van der Waals surface area (Å²) < 4.78 is 32.6. The van der Waals surface area contributed by atoms with Gasteiger partial charge in [0.05, 0.1) is 17.6 Å². The fraction of sp³-hybridized carbons (Fsp3) is 0.680. The monoisotopic (exact) mass is 493 g/mol. The van der Waals surface area contributed by atoms with Gasteiger partial charge in [-0.05, 0) is 30.5 Å². The Morgan fingerprint density at radius 1 is 1.00 bits per heavy atom. The maximum Gasteiger partial charge on any atom is 0.257 e. The van der Waals surface area contributed by atoms with Crippen LogP contribution in [0.25, 0.3) is 0 Å². The molecule has 0 spiro atoms. The number of amides is 2. The number of hydrogen-bond donors (Lipinski definition) is 0. The minimum absolute atomic E-state index is 0.0804. The van der Waals surface area contributed by atoms with Gasteiger partial charge in [-0.15, -0.1) is 0 Å². The van der Waals surface area contributed by atoms with Crippen molar-refractivity contribution < 1.29 is 22.7 Å². The standard InChI is InChI=1S/C25H39N3O5S/c1-4-28(5-2)34(31,32)21-12-13-23(33-3)22(19-21)25(30)27-17-15-26(16-18-27)24(29)14-11-20-9-7-6-8-10-20/h12-13,19-20H,4-11,14-18H2,1-3H3. The third-order valence-corrected chi connectivity index (χ3v) is 9.20. The van der Waals surface area contributed by atoms with Crippen LogP contribution in [0.2, 0.25) is 0 Å². The SMILES string of the molecule is CCN(CC)S(=O)(=O)c1ccc(OC)c(C(=O)N2CCN(C(=O)CCC3CCCCC3)CC2)c1. The van der Waals surface area contributed by atoms with Gasteiger partial charge >= 0.3 is 0 Å². The van der Waals surface area contributed by atoms with Gasteiger partial charge < -0.3 is 14.5 Å². The summed E-state index contributed by atoms with van der Waals surface area (Å²) in [4.78, 5) is 29.6. The van der Waals surface area contributed by atoms with E-state index in [4.69, 9.17) is 4.74 Å². The zero-order valence-electron chi connectivity index (χ0n) is 20.8. The molecule has 0 unspecified atom stereocenters. The Bertz CT molecular complexity index is 947. The quantitative estimate of drug-likeness (QED) is 0.526. The number of benzene rings is 1. The van der Waals surface area contributed by atoms with E-state index in [1.165, 1.54) is 61.7 Å². The van der Waals surface area contributed by atoms with E-state index in [1.807, 2.05) is 4.90 Å². The molecule has 0 bridgehead atoms. The Labute approximate surface area is 204 Å². The van der Waals surface area contributed by atoms with Gasteiger partial charge in [-0.2, -0.15) is 4.31 Å². The van der Waals surface area contributed by atoms with Crippen molar-refractivity contribution in [2.24, 2.45) is 5.92 Å². The molecule has 2 amide bonds. The molecular weight excluding hydrogens is 454 g/mol. The van der Waals surface area contributed by atoms with Crippen molar-refractivity contribution in [3.63, 3.8) is 0 Å². The molecule has 1 aliphatic carbocycles. The van der Waals surface area contributed by atoms with E-state index in [1.54, 1.807) is 18.7 Å². The summed E-state index contributed by atoms with van der Waals surface area (Å²) in [6.07, 6.45) is 7.89. The van der Waals surface area contributed by atoms with Crippen molar-refractivity contribution in [2.45, 2.75) is 63.7 Å². The molecule has 1 heterocycles. The molecule has 0 aromatic heterocycles. The Morgan fingerprint density at radius 3 is 2.21 bits per heavy atom. The van der Waals surface area contributed by atoms with Crippen molar-refractivity contribution in [3.8, 4) is 5.75 Å². The second kappa shape index (κ2) is 12.0. The molecular formula is C25H39N3O5S. The Morgan fingerprint density at radius 2 is 1.62 bits per heavy atom. The first kappa shape index (κ1) is 26.5. The number of piperazine rings is 1. The minimum Gasteiger partial charge on any atom is -0.496 e. The third kappa shape index (κ3) is 6.10. The van der Waals surface area contributed by atoms with Crippen LogP contribution < -0.4 is 4.74 Å². The maximum atomic E-state index is 13.3. The van der Waals surface area contributed by atoms with E-state index >= 15 is 0 Å². The van der Waals surface area contributed by atoms with Crippen molar-refractivity contribution in [3.05, 3.63) is 23.8 Å². The first-order valence-electron chi connectivity index (χ1n) is 12.6. The first-order valence-corrected chi connectivity index (χ1v) is 14.0. The highest BCUT2D eigenvalue weighted by atomic mass is 32.2. The second-order valence-corrected chi connectivity index (χ2v) is 11.1. The highest BCUT2D eigenvalue weighted by Crippen LogP contribution is 2.28. The molecule has 1 aliphatic heterocycles. The molecule has 3 rings (SSSR count). The van der Waals surface area contributed by atoms with E-state index in [2.05, 4.69) is 0 Å². The highest BCUT2D eigenvalue weighted by molar-refractivity contribution is 7.89. The van der Waals surface area contributed by atoms with Crippen LogP contribution in [-0.4, -0.2) is 80.7 Å². The van der Waals surface area contributed by atoms with Crippen LogP contribution in [0, 0.1) is 5.92 Å². The zero-order chi connectivity index (χ0) is 24.7. The van der Waals surface area contributed by atoms with Gasteiger partial charge in [0.1, 0.15) is 5.75 Å². The number of ether oxygens (including phenoxy) is 1. The summed E-state index contributed by atoms with van der Waals surface area (Å²) in [5, 5.41) is 0. The van der Waals surface area contributed by atoms with Crippen LogP contribution in [0.5, 0.6) is 5.75 Å². The van der Waals surface area contributed by atoms with Gasteiger partial charge in [0.25, 0.3) is 5.91 Å². The topological polar surface area (TPSA) is 87.2 Å². The lowest BCUT2D eigenvalue weighted by Gasteiger charge is -2.35. The molecule has 1 aromatic carbocycles. The van der Waals surface area contributed by atoms with Gasteiger partial charge in [-0.3, -0.25) is 9.59 Å². The number of rotatable bonds is 9. The summed E-state index contributed by atoms with van der Waals surface area (Å²) in [5.74, 6) is 0.910. The van der Waals surface area contributed by atoms with Crippen LogP contribution in [0.15, 0.2) is 23.1 Å². The molecule has 1 saturated heterocycles. The van der Waals surface area contributed by atoms with Crippen molar-refractivity contribution in [1.82, 2.24) is 14.1 Å². The van der Waals surface area contributed by atoms with Crippen LogP contribution >= 0.6 is 0 Å². The number of carbonyl (C=O) groups is 2. The lowest BCUT2D eigenvalue weighted by Crippen LogP contribution is -2.50. The lowest BCUT2D eigenvalue weighted by molar-refractivity contribution is -0.133. The second-order valence-electron chi connectivity index (χ2n) is 9.17. The molecule has 1 aromatic rings. The van der Waals surface area contributed by atoms with Crippen LogP contribution in [0.1, 0.15) is 69.2 Å². The Balaban J connectivity index is 1.64.